The molecular weight excluding hydrogens is 1630 g/mol. The zero-order valence-electron chi connectivity index (χ0n) is 67.6. The summed E-state index contributed by atoms with van der Waals surface area (Å²) in [6.07, 6.45) is -4.31. The van der Waals surface area contributed by atoms with Gasteiger partial charge in [0.1, 0.15) is 90.6 Å². The van der Waals surface area contributed by atoms with Gasteiger partial charge in [-0.3, -0.25) is 95.9 Å². The summed E-state index contributed by atoms with van der Waals surface area (Å²) in [6, 6.07) is -26.7. The first-order chi connectivity index (χ1) is 57.1. The van der Waals surface area contributed by atoms with Gasteiger partial charge in [0.05, 0.1) is 45.1 Å². The van der Waals surface area contributed by atoms with E-state index in [2.05, 4.69) is 81.7 Å². The van der Waals surface area contributed by atoms with Crippen LogP contribution < -0.4 is 91.6 Å². The van der Waals surface area contributed by atoms with Crippen molar-refractivity contribution in [3.05, 3.63) is 0 Å². The quantitative estimate of drug-likeness (QED) is 0.0199. The topological polar surface area (TPSA) is 773 Å². The molecular formula is C72H117N19O29S. The molecule has 16 atom stereocenters. The minimum atomic E-state index is -2.07. The van der Waals surface area contributed by atoms with Crippen LogP contribution in [0.5, 0.6) is 0 Å². The molecule has 16 amide bonds. The van der Waals surface area contributed by atoms with Gasteiger partial charge in [0, 0.05) is 31.7 Å². The van der Waals surface area contributed by atoms with Crippen LogP contribution in [0, 0.1) is 11.8 Å². The number of rotatable bonds is 56. The van der Waals surface area contributed by atoms with Gasteiger partial charge >= 0.3 is 29.8 Å². The summed E-state index contributed by atoms with van der Waals surface area (Å²) < 4.78 is 0. The SMILES string of the molecule is CC(C)C[C@H](NC(=O)[C@H](CCC(=O)O)NC(=O)[C@H](CCC(=O)O)NC(=O)[C@H](CO)NC(=O)[C@@H](NC(=O)[C@H](CCCCN)NC(=O)[C@H](CS)NC(=O)[C@H](CC(N)=O)NC(=O)[C@@H]1CCCN1C(=O)[C@H](CO)NC(=O)[C@@H]1CCCN1C(=O)[C@H](CC(=O)O)NC(=O)[C@@H]1CCCN1)C(C)C)C(=O)N[C@@H](CC(=O)O)C(=O)N[C@@H](CO)C(=O)N[C@@H](CCCCN)C(=O)O. The number of hydrogen-bond acceptors (Lipinski definition) is 28. The molecule has 0 aromatic rings. The Labute approximate surface area is 700 Å². The molecule has 121 heavy (non-hydrogen) atoms. The van der Waals surface area contributed by atoms with Crippen molar-refractivity contribution < 1.29 is 142 Å². The van der Waals surface area contributed by atoms with Gasteiger partial charge < -0.3 is 142 Å². The highest BCUT2D eigenvalue weighted by Gasteiger charge is 2.45. The van der Waals surface area contributed by atoms with E-state index in [0.717, 1.165) is 9.80 Å². The number of aliphatic hydroxyl groups is 3. The number of nitrogens with one attached hydrogen (secondary N) is 14. The second-order valence-electron chi connectivity index (χ2n) is 30.0. The van der Waals surface area contributed by atoms with Crippen molar-refractivity contribution in [2.75, 3.05) is 58.3 Å². The fraction of sp³-hybridized carbons (Fsp3) is 0.708. The van der Waals surface area contributed by atoms with Gasteiger partial charge in [-0.05, 0) is 128 Å². The van der Waals surface area contributed by atoms with E-state index in [1.54, 1.807) is 13.8 Å². The third-order valence-corrected chi connectivity index (χ3v) is 20.0. The smallest absolute Gasteiger partial charge is 0.326 e. The van der Waals surface area contributed by atoms with Gasteiger partial charge in [-0.1, -0.05) is 27.7 Å². The molecule has 3 fully saturated rings. The van der Waals surface area contributed by atoms with Gasteiger partial charge in [-0.25, -0.2) is 4.79 Å². The zero-order valence-corrected chi connectivity index (χ0v) is 68.5. The summed E-state index contributed by atoms with van der Waals surface area (Å²) in [4.78, 5) is 282. The average molecular weight is 1740 g/mol. The zero-order chi connectivity index (χ0) is 91.1. The van der Waals surface area contributed by atoms with Crippen molar-refractivity contribution in [1.29, 1.82) is 0 Å². The summed E-state index contributed by atoms with van der Waals surface area (Å²) in [7, 11) is 0. The predicted octanol–water partition coefficient (Wildman–Crippen LogP) is -10.5. The number of carboxylic acid groups (broad SMARTS) is 5. The Hall–Kier alpha value is -11.0. The van der Waals surface area contributed by atoms with Crippen LogP contribution in [0.1, 0.15) is 156 Å². The number of aliphatic hydroxyl groups excluding tert-OH is 3. The minimum absolute atomic E-state index is 0.0348. The minimum Gasteiger partial charge on any atom is -0.481 e. The number of nitrogens with zero attached hydrogens (tertiary/aromatic N) is 2. The van der Waals surface area contributed by atoms with Gasteiger partial charge in [0.2, 0.25) is 94.5 Å². The number of carbonyl (C=O) groups is 21. The van der Waals surface area contributed by atoms with Crippen LogP contribution in [0.15, 0.2) is 0 Å². The number of likely N-dealkylation sites (tertiary alicyclic amines) is 2. The van der Waals surface area contributed by atoms with E-state index >= 15 is 0 Å². The van der Waals surface area contributed by atoms with Gasteiger partial charge in [0.25, 0.3) is 0 Å². The highest BCUT2D eigenvalue weighted by molar-refractivity contribution is 7.80. The Morgan fingerprint density at radius 3 is 1.17 bits per heavy atom. The maximum atomic E-state index is 14.3. The standard InChI is InChI=1S/C72H117N19O29S/c1-34(2)26-41(61(108)82-43(28-54(100)101)63(110)85-45(30-92)65(112)80-40(72(119)120)13-6-8-22-74)81-59(106)39(18-20-53(98)99)78-58(105)38(17-19-52(96)97)79-64(111)46(31-93)86-69(116)56(35(3)4)89-60(107)37(12-5-7-21-73)77-66(113)48(33-121)88-62(109)42(27-51(75)95)83-67(114)49-15-11-25-91(49)71(118)47(32-94)87-68(115)50-16-10-24-90(50)70(117)44(29-55(102)103)84-57(104)36-14-9-23-76-36/h34-50,56,76,92-94,121H,5-33,73-74H2,1-4H3,(H2,75,95)(H,77,113)(H,78,105)(H,79,111)(H,80,112)(H,81,106)(H,82,108)(H,83,114)(H,84,104)(H,85,110)(H,86,116)(H,87,115)(H,88,109)(H,89,107)(H,96,97)(H,98,99)(H,100,101)(H,102,103)(H,119,120)/t36-,37-,38-,39-,40-,41-,42-,43-,44-,45-,46-,47-,48-,49-,50-,56-/m0/s1. The number of carboxylic acids is 5. The van der Waals surface area contributed by atoms with E-state index in [9.17, 15) is 142 Å². The Bertz CT molecular complexity index is 3670. The molecule has 3 saturated heterocycles. The van der Waals surface area contributed by atoms with Crippen LogP contribution in [0.3, 0.4) is 0 Å². The molecule has 0 spiro atoms. The van der Waals surface area contributed by atoms with Crippen molar-refractivity contribution in [2.45, 2.75) is 253 Å². The van der Waals surface area contributed by atoms with Crippen molar-refractivity contribution in [1.82, 2.24) is 84.2 Å². The first-order valence-electron chi connectivity index (χ1n) is 39.6. The van der Waals surface area contributed by atoms with Crippen LogP contribution in [-0.4, -0.2) is 330 Å². The lowest BCUT2D eigenvalue weighted by molar-refractivity contribution is -0.147. The summed E-state index contributed by atoms with van der Waals surface area (Å²) in [5, 5.41) is 112. The average Bonchev–Trinajstić information content (AvgIpc) is 1.69. The third kappa shape index (κ3) is 35.3. The first kappa shape index (κ1) is 104. The monoisotopic (exact) mass is 1740 g/mol. The predicted molar refractivity (Wildman–Crippen MR) is 421 cm³/mol. The first-order valence-corrected chi connectivity index (χ1v) is 40.2. The highest BCUT2D eigenvalue weighted by atomic mass is 32.1. The fourth-order valence-electron chi connectivity index (χ4n) is 13.2. The Balaban J connectivity index is 1.81. The Kier molecular flexibility index (Phi) is 45.5. The maximum Gasteiger partial charge on any atom is 0.326 e. The number of primary amides is 1. The molecule has 0 aliphatic carbocycles. The molecule has 3 rings (SSSR count). The number of thiol groups is 1. The molecule has 680 valence electrons. The largest absolute Gasteiger partial charge is 0.481 e. The van der Waals surface area contributed by atoms with Crippen LogP contribution in [0.4, 0.5) is 0 Å². The van der Waals surface area contributed by atoms with Crippen LogP contribution in [-0.2, 0) is 101 Å². The fourth-order valence-corrected chi connectivity index (χ4v) is 13.4. The van der Waals surface area contributed by atoms with E-state index in [1.165, 1.54) is 13.8 Å². The normalized spacial score (nSPS) is 18.2. The molecule has 48 nitrogen and oxygen atoms in total. The summed E-state index contributed by atoms with van der Waals surface area (Å²) in [5.74, 6) is -27.7. The van der Waals surface area contributed by atoms with Crippen LogP contribution >= 0.6 is 12.6 Å². The summed E-state index contributed by atoms with van der Waals surface area (Å²) in [5.41, 5.74) is 16.7. The molecule has 0 unspecified atom stereocenters. The van der Waals surface area contributed by atoms with Crippen molar-refractivity contribution >= 4 is 137 Å². The lowest BCUT2D eigenvalue weighted by atomic mass is 10.0. The van der Waals surface area contributed by atoms with Gasteiger partial charge in [0.15, 0.2) is 0 Å². The van der Waals surface area contributed by atoms with E-state index in [1.807, 2.05) is 5.32 Å². The van der Waals surface area contributed by atoms with Gasteiger partial charge in [-0.15, -0.1) is 0 Å². The molecule has 3 aliphatic rings. The number of nitrogens with two attached hydrogens (primary N) is 3. The molecule has 0 bridgehead atoms. The van der Waals surface area contributed by atoms with E-state index < -0.39 is 303 Å². The van der Waals surface area contributed by atoms with E-state index in [4.69, 9.17) is 17.2 Å². The van der Waals surface area contributed by atoms with Crippen molar-refractivity contribution in [3.63, 3.8) is 0 Å². The third-order valence-electron chi connectivity index (χ3n) is 19.6. The number of hydrogen-bond donors (Lipinski definition) is 26. The highest BCUT2D eigenvalue weighted by Crippen LogP contribution is 2.23. The van der Waals surface area contributed by atoms with Crippen LogP contribution in [0.2, 0.25) is 0 Å². The molecule has 0 saturated carbocycles. The Morgan fingerprint density at radius 1 is 0.388 bits per heavy atom. The molecule has 28 N–H and O–H groups in total. The Morgan fingerprint density at radius 2 is 0.752 bits per heavy atom. The number of aliphatic carboxylic acids is 5. The number of amides is 16. The van der Waals surface area contributed by atoms with E-state index in [0.29, 0.717) is 25.8 Å². The van der Waals surface area contributed by atoms with Crippen LogP contribution in [0.25, 0.3) is 0 Å². The lowest BCUT2D eigenvalue weighted by Crippen LogP contribution is -2.62. The van der Waals surface area contributed by atoms with E-state index in [-0.39, 0.29) is 90.4 Å². The molecule has 0 aromatic carbocycles. The van der Waals surface area contributed by atoms with Crippen molar-refractivity contribution in [2.24, 2.45) is 29.0 Å². The molecule has 0 radical (unpaired) electrons. The summed E-state index contributed by atoms with van der Waals surface area (Å²) in [6.45, 7) is 3.15. The molecule has 3 heterocycles. The molecule has 3 aliphatic heterocycles. The summed E-state index contributed by atoms with van der Waals surface area (Å²) >= 11 is 4.20. The molecule has 49 heteroatoms. The van der Waals surface area contributed by atoms with Gasteiger partial charge in [-0.2, -0.15) is 12.6 Å². The second kappa shape index (κ2) is 52.9. The second-order valence-corrected chi connectivity index (χ2v) is 30.4. The molecule has 0 aromatic heterocycles. The maximum absolute atomic E-state index is 14.3. The number of unbranched alkanes of at least 4 members (excludes halogenated alkanes) is 2. The van der Waals surface area contributed by atoms with Crippen molar-refractivity contribution in [3.8, 4) is 0 Å². The number of carbonyl (C=O) groups excluding carboxylic acids is 16. The lowest BCUT2D eigenvalue weighted by Gasteiger charge is -2.31.